The number of non-ortho nitro benzene ring substituents is 1. The molecule has 2 aromatic rings. The Balaban J connectivity index is 0.000000176. The Bertz CT molecular complexity index is 987. The van der Waals surface area contributed by atoms with Gasteiger partial charge in [0.1, 0.15) is 5.75 Å². The van der Waals surface area contributed by atoms with Crippen LogP contribution in [0.25, 0.3) is 0 Å². The number of hydrogen-bond donors (Lipinski definition) is 2. The van der Waals surface area contributed by atoms with E-state index in [1.807, 2.05) is 12.1 Å². The number of aliphatic hydroxyl groups is 1. The first kappa shape index (κ1) is 22.3. The van der Waals surface area contributed by atoms with Crippen LogP contribution in [0.1, 0.15) is 66.4 Å². The third-order valence-corrected chi connectivity index (χ3v) is 7.97. The maximum absolute atomic E-state index is 10.4. The van der Waals surface area contributed by atoms with Gasteiger partial charge in [0.2, 0.25) is 0 Å². The minimum absolute atomic E-state index is 0.0689. The van der Waals surface area contributed by atoms with Gasteiger partial charge < -0.3 is 20.1 Å². The van der Waals surface area contributed by atoms with Gasteiger partial charge in [0.05, 0.1) is 17.0 Å². The van der Waals surface area contributed by atoms with E-state index in [9.17, 15) is 30.2 Å². The number of hydrogen-bond acceptors (Lipinski definition) is 6. The first-order valence-electron chi connectivity index (χ1n) is 11.2. The number of phenols is 1. The Hall–Kier alpha value is -2.93. The summed E-state index contributed by atoms with van der Waals surface area (Å²) in [6.07, 6.45) is 6.78. The van der Waals surface area contributed by atoms with Gasteiger partial charge in [-0.3, -0.25) is 10.1 Å². The van der Waals surface area contributed by atoms with Crippen LogP contribution >= 0.6 is 0 Å². The van der Waals surface area contributed by atoms with E-state index in [4.69, 9.17) is 0 Å². The molecule has 7 heteroatoms. The molecule has 0 unspecified atom stereocenters. The molecular formula is C25H28NO6-. The molecule has 0 saturated heterocycles. The quantitative estimate of drug-likeness (QED) is 0.546. The molecule has 2 N–H and O–H groups in total. The number of carbonyl (C=O) groups excluding carboxylic acids is 1. The van der Waals surface area contributed by atoms with Gasteiger partial charge in [-0.2, -0.15) is 0 Å². The molecule has 0 aliphatic heterocycles. The predicted octanol–water partition coefficient (Wildman–Crippen LogP) is 3.57. The van der Waals surface area contributed by atoms with E-state index in [2.05, 4.69) is 13.0 Å². The van der Waals surface area contributed by atoms with E-state index in [0.29, 0.717) is 17.6 Å². The molecule has 0 heterocycles. The summed E-state index contributed by atoms with van der Waals surface area (Å²) < 4.78 is 0. The summed E-state index contributed by atoms with van der Waals surface area (Å²) >= 11 is 0. The number of carbonyl (C=O) groups is 1. The summed E-state index contributed by atoms with van der Waals surface area (Å²) in [5, 5.41) is 40.4. The molecule has 7 nitrogen and oxygen atoms in total. The van der Waals surface area contributed by atoms with E-state index in [0.717, 1.165) is 49.4 Å². The van der Waals surface area contributed by atoms with Crippen molar-refractivity contribution in [2.24, 2.45) is 17.3 Å². The normalized spacial score (nSPS) is 30.2. The molecule has 0 aromatic heterocycles. The van der Waals surface area contributed by atoms with Crippen LogP contribution in [0.3, 0.4) is 0 Å². The Morgan fingerprint density at radius 2 is 1.81 bits per heavy atom. The fraction of sp³-hybridized carbons (Fsp3) is 0.480. The highest BCUT2D eigenvalue weighted by atomic mass is 16.6. The van der Waals surface area contributed by atoms with E-state index in [1.54, 1.807) is 0 Å². The zero-order valence-corrected chi connectivity index (χ0v) is 18.1. The Kier molecular flexibility index (Phi) is 5.95. The lowest BCUT2D eigenvalue weighted by Gasteiger charge is -2.50. The monoisotopic (exact) mass is 438 g/mol. The van der Waals surface area contributed by atoms with Gasteiger partial charge in [-0.05, 0) is 103 Å². The second kappa shape index (κ2) is 8.54. The Morgan fingerprint density at radius 1 is 1.09 bits per heavy atom. The van der Waals surface area contributed by atoms with Crippen molar-refractivity contribution in [1.29, 1.82) is 0 Å². The second-order valence-corrected chi connectivity index (χ2v) is 9.53. The van der Waals surface area contributed by atoms with Gasteiger partial charge in [0.15, 0.2) is 0 Å². The highest BCUT2D eigenvalue weighted by Crippen LogP contribution is 2.60. The van der Waals surface area contributed by atoms with Crippen molar-refractivity contribution < 1.29 is 25.0 Å². The van der Waals surface area contributed by atoms with Crippen molar-refractivity contribution in [3.8, 4) is 5.75 Å². The van der Waals surface area contributed by atoms with Gasteiger partial charge in [0.25, 0.3) is 5.69 Å². The lowest BCUT2D eigenvalue weighted by molar-refractivity contribution is -0.384. The van der Waals surface area contributed by atoms with Crippen LogP contribution in [-0.2, 0) is 6.42 Å². The summed E-state index contributed by atoms with van der Waals surface area (Å²) in [7, 11) is 0. The molecule has 0 amide bonds. The van der Waals surface area contributed by atoms with Gasteiger partial charge in [-0.15, -0.1) is 0 Å². The maximum atomic E-state index is 10.4. The average molecular weight is 439 g/mol. The number of aryl methyl sites for hydroxylation is 1. The van der Waals surface area contributed by atoms with Crippen LogP contribution in [0.2, 0.25) is 0 Å². The number of aromatic carboxylic acids is 1. The van der Waals surface area contributed by atoms with Crippen molar-refractivity contribution in [3.05, 3.63) is 69.3 Å². The van der Waals surface area contributed by atoms with Gasteiger partial charge >= 0.3 is 0 Å². The fourth-order valence-electron chi connectivity index (χ4n) is 6.26. The number of aromatic hydroxyl groups is 1. The zero-order chi connectivity index (χ0) is 23.0. The van der Waals surface area contributed by atoms with E-state index >= 15 is 0 Å². The van der Waals surface area contributed by atoms with E-state index in [1.165, 1.54) is 30.4 Å². The van der Waals surface area contributed by atoms with Crippen LogP contribution in [0.5, 0.6) is 5.75 Å². The topological polar surface area (TPSA) is 124 Å². The van der Waals surface area contributed by atoms with Crippen LogP contribution in [0, 0.1) is 27.4 Å². The van der Waals surface area contributed by atoms with Crippen LogP contribution in [0.4, 0.5) is 5.69 Å². The fourth-order valence-corrected chi connectivity index (χ4v) is 6.26. The third-order valence-electron chi connectivity index (χ3n) is 7.97. The summed E-state index contributed by atoms with van der Waals surface area (Å²) in [6.45, 7) is 2.32. The van der Waals surface area contributed by atoms with Crippen LogP contribution < -0.4 is 5.11 Å². The Labute approximate surface area is 186 Å². The van der Waals surface area contributed by atoms with E-state index < -0.39 is 10.9 Å². The molecule has 32 heavy (non-hydrogen) atoms. The molecular weight excluding hydrogens is 410 g/mol. The van der Waals surface area contributed by atoms with E-state index in [-0.39, 0.29) is 22.8 Å². The number of benzene rings is 2. The molecule has 3 aliphatic carbocycles. The number of phenolic OH excluding ortho intramolecular Hbond substituents is 1. The summed E-state index contributed by atoms with van der Waals surface area (Å²) in [6, 6.07) is 10.5. The summed E-state index contributed by atoms with van der Waals surface area (Å²) in [5.74, 6) is 1.15. The lowest BCUT2D eigenvalue weighted by Crippen LogP contribution is -2.43. The molecule has 5 atom stereocenters. The molecule has 0 bridgehead atoms. The SMILES string of the molecule is C[C@]12CC[C@@H]3c4ccc(O)cc4CC[C@H]3[C@@H]1CC[C@@H]2O.O=C([O-])c1ccc([N+](=O)[O-])cc1. The number of nitrogens with zero attached hydrogens (tertiary/aromatic N) is 1. The number of rotatable bonds is 2. The number of carboxylic acids is 1. The van der Waals surface area contributed by atoms with Crippen LogP contribution in [-0.4, -0.2) is 27.2 Å². The second-order valence-electron chi connectivity index (χ2n) is 9.53. The minimum Gasteiger partial charge on any atom is -0.545 e. The predicted molar refractivity (Wildman–Crippen MR) is 116 cm³/mol. The number of aliphatic hydroxyl groups excluding tert-OH is 1. The third kappa shape index (κ3) is 3.97. The minimum atomic E-state index is -1.34. The largest absolute Gasteiger partial charge is 0.545 e. The molecule has 2 fully saturated rings. The standard InChI is InChI=1S/C18H24O2.C7H5NO4/c1-18-9-8-14-13-5-3-12(19)10-11(13)2-4-15(14)16(18)6-7-17(18)20;9-7(10)5-1-3-6(4-2-5)8(11)12/h3,5,10,14-17,19-20H,2,4,6-9H2,1H3;1-4H,(H,9,10)/p-1/t14-,15-,16+,17+,18+;/m1./s1. The van der Waals surface area contributed by atoms with Gasteiger partial charge in [0, 0.05) is 12.1 Å². The lowest BCUT2D eigenvalue weighted by atomic mass is 9.55. The van der Waals surface area contributed by atoms with Crippen molar-refractivity contribution >= 4 is 11.7 Å². The summed E-state index contributed by atoms with van der Waals surface area (Å²) in [4.78, 5) is 19.7. The number of fused-ring (bicyclic) bond motifs is 5. The van der Waals surface area contributed by atoms with Crippen molar-refractivity contribution in [2.75, 3.05) is 0 Å². The average Bonchev–Trinajstić information content (AvgIpc) is 3.08. The molecule has 5 rings (SSSR count). The van der Waals surface area contributed by atoms with Gasteiger partial charge in [-0.25, -0.2) is 0 Å². The molecule has 0 spiro atoms. The molecule has 3 aliphatic rings. The number of carboxylic acid groups (broad SMARTS) is 1. The smallest absolute Gasteiger partial charge is 0.269 e. The Morgan fingerprint density at radius 3 is 2.47 bits per heavy atom. The maximum Gasteiger partial charge on any atom is 0.269 e. The molecule has 0 radical (unpaired) electrons. The number of nitro groups is 1. The highest BCUT2D eigenvalue weighted by molar-refractivity contribution is 5.85. The van der Waals surface area contributed by atoms with Crippen LogP contribution in [0.15, 0.2) is 42.5 Å². The van der Waals surface area contributed by atoms with Crippen molar-refractivity contribution in [2.45, 2.75) is 57.5 Å². The molecule has 2 saturated carbocycles. The van der Waals surface area contributed by atoms with Crippen molar-refractivity contribution in [3.63, 3.8) is 0 Å². The first-order valence-corrected chi connectivity index (χ1v) is 11.2. The van der Waals surface area contributed by atoms with Gasteiger partial charge in [-0.1, -0.05) is 13.0 Å². The van der Waals surface area contributed by atoms with Crippen molar-refractivity contribution in [1.82, 2.24) is 0 Å². The zero-order valence-electron chi connectivity index (χ0n) is 18.1. The summed E-state index contributed by atoms with van der Waals surface area (Å²) in [5.41, 5.74) is 2.78. The molecule has 170 valence electrons. The molecule has 2 aromatic carbocycles. The number of nitro benzene ring substituents is 1. The first-order chi connectivity index (χ1) is 15.2. The highest BCUT2D eigenvalue weighted by Gasteiger charge is 2.54.